The van der Waals surface area contributed by atoms with Gasteiger partial charge in [0.25, 0.3) is 5.91 Å². The van der Waals surface area contributed by atoms with Gasteiger partial charge < -0.3 is 20.4 Å². The van der Waals surface area contributed by atoms with Crippen LogP contribution in [0.2, 0.25) is 0 Å². The maximum absolute atomic E-state index is 12.5. The van der Waals surface area contributed by atoms with Gasteiger partial charge in [-0.1, -0.05) is 18.6 Å². The summed E-state index contributed by atoms with van der Waals surface area (Å²) in [6.45, 7) is 6.88. The van der Waals surface area contributed by atoms with Gasteiger partial charge >= 0.3 is 0 Å². The molecule has 0 aromatic heterocycles. The Hall–Kier alpha value is -2.08. The number of aliphatic imine (C=N–C) groups is 1. The van der Waals surface area contributed by atoms with Gasteiger partial charge in [0.1, 0.15) is 0 Å². The van der Waals surface area contributed by atoms with Crippen molar-refractivity contribution < 1.29 is 4.79 Å². The Balaban J connectivity index is 1.40. The van der Waals surface area contributed by atoms with E-state index in [2.05, 4.69) is 20.5 Å². The van der Waals surface area contributed by atoms with Crippen LogP contribution in [0.1, 0.15) is 54.4 Å². The molecular weight excluding hydrogens is 350 g/mol. The van der Waals surface area contributed by atoms with E-state index in [0.29, 0.717) is 6.54 Å². The summed E-state index contributed by atoms with van der Waals surface area (Å²) in [4.78, 5) is 21.3. The molecule has 2 saturated heterocycles. The van der Waals surface area contributed by atoms with E-state index in [1.807, 2.05) is 29.2 Å². The highest BCUT2D eigenvalue weighted by molar-refractivity contribution is 5.94. The zero-order valence-corrected chi connectivity index (χ0v) is 17.3. The average Bonchev–Trinajstić information content (AvgIpc) is 2.77. The summed E-state index contributed by atoms with van der Waals surface area (Å²) in [5, 5.41) is 6.76. The van der Waals surface area contributed by atoms with Crippen LogP contribution in [0.3, 0.4) is 0 Å². The fraction of sp³-hybridized carbons (Fsp3) is 0.636. The first-order chi connectivity index (χ1) is 13.8. The highest BCUT2D eigenvalue weighted by Gasteiger charge is 2.17. The quantitative estimate of drug-likeness (QED) is 0.583. The minimum atomic E-state index is 0.161. The number of piperidine rings is 2. The van der Waals surface area contributed by atoms with E-state index in [4.69, 9.17) is 0 Å². The summed E-state index contributed by atoms with van der Waals surface area (Å²) in [6, 6.07) is 7.96. The molecule has 0 unspecified atom stereocenters. The zero-order chi connectivity index (χ0) is 19.6. The van der Waals surface area contributed by atoms with Gasteiger partial charge in [0.2, 0.25) is 0 Å². The number of rotatable bonds is 6. The van der Waals surface area contributed by atoms with E-state index in [0.717, 1.165) is 56.1 Å². The van der Waals surface area contributed by atoms with Crippen LogP contribution in [0.5, 0.6) is 0 Å². The zero-order valence-electron chi connectivity index (χ0n) is 17.3. The van der Waals surface area contributed by atoms with Crippen molar-refractivity contribution in [2.45, 2.75) is 45.1 Å². The molecule has 2 aliphatic rings. The lowest BCUT2D eigenvalue weighted by atomic mass is 10.1. The summed E-state index contributed by atoms with van der Waals surface area (Å²) in [6.07, 6.45) is 7.50. The number of guanidine groups is 1. The molecule has 3 rings (SSSR count). The molecule has 1 aromatic carbocycles. The number of hydrogen-bond acceptors (Lipinski definition) is 3. The predicted octanol–water partition coefficient (Wildman–Crippen LogP) is 2.46. The molecule has 154 valence electrons. The van der Waals surface area contributed by atoms with Crippen LogP contribution in [0.25, 0.3) is 0 Å². The summed E-state index contributed by atoms with van der Waals surface area (Å²) < 4.78 is 0. The van der Waals surface area contributed by atoms with E-state index in [1.165, 1.54) is 38.8 Å². The maximum Gasteiger partial charge on any atom is 0.253 e. The number of likely N-dealkylation sites (tertiary alicyclic amines) is 2. The Labute approximate surface area is 169 Å². The van der Waals surface area contributed by atoms with Crippen LogP contribution in [0, 0.1) is 0 Å². The molecule has 2 fully saturated rings. The van der Waals surface area contributed by atoms with Crippen LogP contribution in [-0.4, -0.2) is 68.0 Å². The highest BCUT2D eigenvalue weighted by Crippen LogP contribution is 2.14. The lowest BCUT2D eigenvalue weighted by molar-refractivity contribution is 0.0724. The van der Waals surface area contributed by atoms with Crippen molar-refractivity contribution in [3.8, 4) is 0 Å². The Morgan fingerprint density at radius 3 is 2.21 bits per heavy atom. The molecule has 1 amide bonds. The highest BCUT2D eigenvalue weighted by atomic mass is 16.2. The summed E-state index contributed by atoms with van der Waals surface area (Å²) in [5.41, 5.74) is 1.93. The number of benzene rings is 1. The summed E-state index contributed by atoms with van der Waals surface area (Å²) in [7, 11) is 1.80. The Morgan fingerprint density at radius 1 is 0.929 bits per heavy atom. The second-order valence-electron chi connectivity index (χ2n) is 7.80. The van der Waals surface area contributed by atoms with Gasteiger partial charge in [-0.3, -0.25) is 9.79 Å². The Kier molecular flexibility index (Phi) is 8.15. The molecule has 0 spiro atoms. The number of amides is 1. The van der Waals surface area contributed by atoms with Crippen molar-refractivity contribution in [2.75, 3.05) is 46.3 Å². The molecular formula is C22H35N5O. The van der Waals surface area contributed by atoms with Crippen molar-refractivity contribution in [1.29, 1.82) is 0 Å². The van der Waals surface area contributed by atoms with Gasteiger partial charge in [-0.15, -0.1) is 0 Å². The van der Waals surface area contributed by atoms with Gasteiger partial charge in [0, 0.05) is 45.3 Å². The molecule has 2 heterocycles. The summed E-state index contributed by atoms with van der Waals surface area (Å²) in [5.74, 6) is 0.986. The third kappa shape index (κ3) is 6.23. The number of carbonyl (C=O) groups excluding carboxylic acids is 1. The first-order valence-corrected chi connectivity index (χ1v) is 10.8. The van der Waals surface area contributed by atoms with Crippen molar-refractivity contribution in [3.05, 3.63) is 35.4 Å². The van der Waals surface area contributed by atoms with Crippen molar-refractivity contribution >= 4 is 11.9 Å². The normalized spacial score (nSPS) is 18.8. The third-order valence-electron chi connectivity index (χ3n) is 5.70. The van der Waals surface area contributed by atoms with Crippen LogP contribution in [-0.2, 0) is 6.54 Å². The number of nitrogens with one attached hydrogen (secondary N) is 2. The second-order valence-corrected chi connectivity index (χ2v) is 7.80. The topological polar surface area (TPSA) is 60.0 Å². The van der Waals surface area contributed by atoms with Crippen molar-refractivity contribution in [3.63, 3.8) is 0 Å². The standard InChI is InChI=1S/C22H35N5O/c1-23-22(24-12-17-26-13-4-2-5-14-26)25-18-19-8-10-20(11-9-19)21(28)27-15-6-3-7-16-27/h8-11H,2-7,12-18H2,1H3,(H2,23,24,25). The molecule has 6 heteroatoms. The van der Waals surface area contributed by atoms with E-state index in [1.54, 1.807) is 7.05 Å². The molecule has 6 nitrogen and oxygen atoms in total. The van der Waals surface area contributed by atoms with Crippen LogP contribution in [0.4, 0.5) is 0 Å². The van der Waals surface area contributed by atoms with Gasteiger partial charge in [0.05, 0.1) is 0 Å². The maximum atomic E-state index is 12.5. The average molecular weight is 386 g/mol. The SMILES string of the molecule is CN=C(NCCN1CCCCC1)NCc1ccc(C(=O)N2CCCCC2)cc1. The molecule has 2 aliphatic heterocycles. The van der Waals surface area contributed by atoms with Gasteiger partial charge in [-0.2, -0.15) is 0 Å². The molecule has 0 atom stereocenters. The number of hydrogen-bond donors (Lipinski definition) is 2. The van der Waals surface area contributed by atoms with Crippen molar-refractivity contribution in [2.24, 2.45) is 4.99 Å². The molecule has 2 N–H and O–H groups in total. The van der Waals surface area contributed by atoms with Crippen LogP contribution >= 0.6 is 0 Å². The largest absolute Gasteiger partial charge is 0.355 e. The first kappa shape index (κ1) is 20.6. The lowest BCUT2D eigenvalue weighted by Gasteiger charge is -2.27. The second kappa shape index (κ2) is 11.1. The molecule has 0 aliphatic carbocycles. The number of nitrogens with zero attached hydrogens (tertiary/aromatic N) is 3. The molecule has 0 saturated carbocycles. The molecule has 28 heavy (non-hydrogen) atoms. The van der Waals surface area contributed by atoms with E-state index in [-0.39, 0.29) is 5.91 Å². The fourth-order valence-corrected chi connectivity index (χ4v) is 3.97. The van der Waals surface area contributed by atoms with E-state index >= 15 is 0 Å². The predicted molar refractivity (Wildman–Crippen MR) is 115 cm³/mol. The molecule has 0 bridgehead atoms. The Morgan fingerprint density at radius 2 is 1.57 bits per heavy atom. The monoisotopic (exact) mass is 385 g/mol. The fourth-order valence-electron chi connectivity index (χ4n) is 3.97. The minimum absolute atomic E-state index is 0.161. The molecule has 0 radical (unpaired) electrons. The van der Waals surface area contributed by atoms with Gasteiger partial charge in [-0.05, 0) is 62.9 Å². The molecule has 1 aromatic rings. The van der Waals surface area contributed by atoms with Gasteiger partial charge in [-0.25, -0.2) is 0 Å². The van der Waals surface area contributed by atoms with E-state index < -0.39 is 0 Å². The van der Waals surface area contributed by atoms with E-state index in [9.17, 15) is 4.79 Å². The van der Waals surface area contributed by atoms with Gasteiger partial charge in [0.15, 0.2) is 5.96 Å². The Bertz CT molecular complexity index is 631. The number of carbonyl (C=O) groups is 1. The smallest absolute Gasteiger partial charge is 0.253 e. The third-order valence-corrected chi connectivity index (χ3v) is 5.70. The minimum Gasteiger partial charge on any atom is -0.355 e. The van der Waals surface area contributed by atoms with Crippen molar-refractivity contribution in [1.82, 2.24) is 20.4 Å². The lowest BCUT2D eigenvalue weighted by Crippen LogP contribution is -2.42. The van der Waals surface area contributed by atoms with Crippen LogP contribution in [0.15, 0.2) is 29.3 Å². The van der Waals surface area contributed by atoms with Crippen LogP contribution < -0.4 is 10.6 Å². The first-order valence-electron chi connectivity index (χ1n) is 10.8. The summed E-state index contributed by atoms with van der Waals surface area (Å²) >= 11 is 0.